The maximum absolute atomic E-state index is 10.7. The molecule has 0 heterocycles. The van der Waals surface area contributed by atoms with Gasteiger partial charge in [0.1, 0.15) is 0 Å². The van der Waals surface area contributed by atoms with Crippen LogP contribution < -0.4 is 0 Å². The predicted octanol–water partition coefficient (Wildman–Crippen LogP) is 1.76. The van der Waals surface area contributed by atoms with Crippen LogP contribution in [-0.2, 0) is 9.59 Å². The van der Waals surface area contributed by atoms with E-state index in [0.29, 0.717) is 6.42 Å². The van der Waals surface area contributed by atoms with Crippen LogP contribution in [0, 0.1) is 17.8 Å². The highest BCUT2D eigenvalue weighted by molar-refractivity contribution is 5.69. The third-order valence-corrected chi connectivity index (χ3v) is 3.01. The fourth-order valence-corrected chi connectivity index (χ4v) is 2.23. The first-order valence-electron chi connectivity index (χ1n) is 5.11. The molecule has 0 fully saturated rings. The molecule has 4 heteroatoms. The summed E-state index contributed by atoms with van der Waals surface area (Å²) in [6, 6.07) is 0. The van der Waals surface area contributed by atoms with Crippen LogP contribution >= 0.6 is 0 Å². The molecule has 0 amide bonds. The van der Waals surface area contributed by atoms with Gasteiger partial charge in [0.2, 0.25) is 0 Å². The Hall–Kier alpha value is -1.32. The molecule has 0 saturated carbocycles. The van der Waals surface area contributed by atoms with Crippen LogP contribution in [0.1, 0.15) is 26.2 Å². The summed E-state index contributed by atoms with van der Waals surface area (Å²) in [5, 5.41) is 17.5. The van der Waals surface area contributed by atoms with Gasteiger partial charge < -0.3 is 10.2 Å². The molecule has 0 aromatic rings. The van der Waals surface area contributed by atoms with Crippen molar-refractivity contribution in [1.29, 1.82) is 0 Å². The van der Waals surface area contributed by atoms with Crippen molar-refractivity contribution >= 4 is 11.9 Å². The molecule has 4 nitrogen and oxygen atoms in total. The summed E-state index contributed by atoms with van der Waals surface area (Å²) in [5.41, 5.74) is 0. The van der Waals surface area contributed by atoms with E-state index in [9.17, 15) is 9.59 Å². The normalized spacial score (nSPS) is 30.1. The van der Waals surface area contributed by atoms with Crippen LogP contribution in [0.15, 0.2) is 12.2 Å². The predicted molar refractivity (Wildman–Crippen MR) is 54.4 cm³/mol. The molecule has 1 rings (SSSR count). The zero-order valence-electron chi connectivity index (χ0n) is 8.72. The van der Waals surface area contributed by atoms with E-state index in [1.165, 1.54) is 0 Å². The fraction of sp³-hybridized carbons (Fsp3) is 0.636. The van der Waals surface area contributed by atoms with Crippen molar-refractivity contribution in [3.8, 4) is 0 Å². The number of allylic oxidation sites excluding steroid dienone is 2. The minimum absolute atomic E-state index is 0.0430. The highest BCUT2D eigenvalue weighted by Crippen LogP contribution is 2.34. The maximum atomic E-state index is 10.7. The smallest absolute Gasteiger partial charge is 0.303 e. The number of hydrogen-bond donors (Lipinski definition) is 2. The molecule has 0 unspecified atom stereocenters. The molecule has 15 heavy (non-hydrogen) atoms. The van der Waals surface area contributed by atoms with Crippen LogP contribution in [0.2, 0.25) is 0 Å². The molecule has 1 aliphatic rings. The molecule has 0 spiro atoms. The molecule has 0 bridgehead atoms. The lowest BCUT2D eigenvalue weighted by molar-refractivity contribution is -0.142. The van der Waals surface area contributed by atoms with Gasteiger partial charge in [-0.2, -0.15) is 0 Å². The van der Waals surface area contributed by atoms with Crippen molar-refractivity contribution in [3.05, 3.63) is 12.2 Å². The third kappa shape index (κ3) is 3.38. The van der Waals surface area contributed by atoms with Gasteiger partial charge in [0.25, 0.3) is 0 Å². The molecule has 0 radical (unpaired) electrons. The van der Waals surface area contributed by atoms with Crippen molar-refractivity contribution in [2.45, 2.75) is 26.2 Å². The fourth-order valence-electron chi connectivity index (χ4n) is 2.23. The van der Waals surface area contributed by atoms with E-state index in [0.717, 1.165) is 0 Å². The van der Waals surface area contributed by atoms with E-state index in [1.807, 2.05) is 19.1 Å². The quantitative estimate of drug-likeness (QED) is 0.696. The summed E-state index contributed by atoms with van der Waals surface area (Å²) >= 11 is 0. The van der Waals surface area contributed by atoms with Gasteiger partial charge in [0, 0.05) is 12.8 Å². The molecule has 0 aromatic heterocycles. The average Bonchev–Trinajstić information content (AvgIpc) is 2.09. The second-order valence-electron chi connectivity index (χ2n) is 4.14. The lowest BCUT2D eigenvalue weighted by Gasteiger charge is -2.31. The average molecular weight is 212 g/mol. The second-order valence-corrected chi connectivity index (χ2v) is 4.14. The molecular weight excluding hydrogens is 196 g/mol. The van der Waals surface area contributed by atoms with Gasteiger partial charge in [-0.05, 0) is 24.2 Å². The van der Waals surface area contributed by atoms with Crippen molar-refractivity contribution in [2.24, 2.45) is 17.8 Å². The summed E-state index contributed by atoms with van der Waals surface area (Å²) in [6.45, 7) is 1.94. The second kappa shape index (κ2) is 4.96. The Balaban J connectivity index is 2.70. The minimum atomic E-state index is -0.850. The van der Waals surface area contributed by atoms with Crippen LogP contribution in [0.4, 0.5) is 0 Å². The van der Waals surface area contributed by atoms with Crippen LogP contribution in [0.3, 0.4) is 0 Å². The Bertz CT molecular complexity index is 282. The number of aliphatic carboxylic acids is 2. The van der Waals surface area contributed by atoms with Gasteiger partial charge in [-0.3, -0.25) is 9.59 Å². The molecule has 3 atom stereocenters. The Morgan fingerprint density at radius 1 is 1.27 bits per heavy atom. The maximum Gasteiger partial charge on any atom is 0.303 e. The number of carboxylic acid groups (broad SMARTS) is 2. The number of hydrogen-bond acceptors (Lipinski definition) is 2. The SMILES string of the molecule is C[C@H]1C=CC[C@@H](CC(=O)O)[C@H]1CC(=O)O. The molecule has 84 valence electrons. The first-order chi connectivity index (χ1) is 7.00. The van der Waals surface area contributed by atoms with Gasteiger partial charge >= 0.3 is 11.9 Å². The van der Waals surface area contributed by atoms with E-state index in [4.69, 9.17) is 10.2 Å². The molecule has 1 aliphatic carbocycles. The van der Waals surface area contributed by atoms with E-state index >= 15 is 0 Å². The Kier molecular flexibility index (Phi) is 3.88. The van der Waals surface area contributed by atoms with Crippen molar-refractivity contribution in [1.82, 2.24) is 0 Å². The van der Waals surface area contributed by atoms with Crippen molar-refractivity contribution in [3.63, 3.8) is 0 Å². The number of carbonyl (C=O) groups is 2. The number of rotatable bonds is 4. The number of carboxylic acids is 2. The van der Waals surface area contributed by atoms with Gasteiger partial charge in [-0.15, -0.1) is 0 Å². The van der Waals surface area contributed by atoms with Crippen LogP contribution in [-0.4, -0.2) is 22.2 Å². The van der Waals surface area contributed by atoms with E-state index < -0.39 is 11.9 Å². The zero-order chi connectivity index (χ0) is 11.4. The first-order valence-corrected chi connectivity index (χ1v) is 5.11. The lowest BCUT2D eigenvalue weighted by atomic mass is 9.73. The lowest BCUT2D eigenvalue weighted by Crippen LogP contribution is -2.28. The Morgan fingerprint density at radius 3 is 2.40 bits per heavy atom. The van der Waals surface area contributed by atoms with Gasteiger partial charge in [0.15, 0.2) is 0 Å². The molecule has 0 aliphatic heterocycles. The third-order valence-electron chi connectivity index (χ3n) is 3.01. The van der Waals surface area contributed by atoms with Crippen molar-refractivity contribution in [2.75, 3.05) is 0 Å². The molecular formula is C11H16O4. The Morgan fingerprint density at radius 2 is 1.87 bits per heavy atom. The van der Waals surface area contributed by atoms with Gasteiger partial charge in [-0.1, -0.05) is 19.1 Å². The molecule has 0 saturated heterocycles. The summed E-state index contributed by atoms with van der Waals surface area (Å²) in [6.07, 6.45) is 4.73. The summed E-state index contributed by atoms with van der Waals surface area (Å²) in [7, 11) is 0. The van der Waals surface area contributed by atoms with E-state index in [2.05, 4.69) is 0 Å². The van der Waals surface area contributed by atoms with E-state index in [1.54, 1.807) is 0 Å². The van der Waals surface area contributed by atoms with Gasteiger partial charge in [0.05, 0.1) is 0 Å². The monoisotopic (exact) mass is 212 g/mol. The van der Waals surface area contributed by atoms with E-state index in [-0.39, 0.29) is 30.6 Å². The zero-order valence-corrected chi connectivity index (χ0v) is 8.72. The Labute approximate surface area is 88.6 Å². The highest BCUT2D eigenvalue weighted by Gasteiger charge is 2.30. The topological polar surface area (TPSA) is 74.6 Å². The minimum Gasteiger partial charge on any atom is -0.481 e. The first kappa shape index (κ1) is 11.8. The summed E-state index contributed by atoms with van der Waals surface area (Å²) < 4.78 is 0. The van der Waals surface area contributed by atoms with Gasteiger partial charge in [-0.25, -0.2) is 0 Å². The standard InChI is InChI=1S/C11H16O4/c1-7-3-2-4-8(5-10(12)13)9(7)6-11(14)15/h2-3,7-9H,4-6H2,1H3,(H,12,13)(H,14,15)/t7-,8-,9-/m0/s1. The van der Waals surface area contributed by atoms with Crippen LogP contribution in [0.5, 0.6) is 0 Å². The highest BCUT2D eigenvalue weighted by atomic mass is 16.4. The summed E-state index contributed by atoms with van der Waals surface area (Å²) in [4.78, 5) is 21.3. The summed E-state index contributed by atoms with van der Waals surface area (Å²) in [5.74, 6) is -1.64. The largest absolute Gasteiger partial charge is 0.481 e. The van der Waals surface area contributed by atoms with Crippen LogP contribution in [0.25, 0.3) is 0 Å². The molecule has 2 N–H and O–H groups in total. The van der Waals surface area contributed by atoms with Crippen molar-refractivity contribution < 1.29 is 19.8 Å². The molecule has 0 aromatic carbocycles.